The summed E-state index contributed by atoms with van der Waals surface area (Å²) < 4.78 is 0. The number of benzene rings is 2. The van der Waals surface area contributed by atoms with Gasteiger partial charge in [-0.3, -0.25) is 19.4 Å². The van der Waals surface area contributed by atoms with Crippen molar-refractivity contribution in [1.82, 2.24) is 10.3 Å². The van der Waals surface area contributed by atoms with Crippen molar-refractivity contribution in [2.75, 3.05) is 5.32 Å². The smallest absolute Gasteiger partial charge is 0.272 e. The molecule has 0 bridgehead atoms. The van der Waals surface area contributed by atoms with Gasteiger partial charge in [0.05, 0.1) is 0 Å². The van der Waals surface area contributed by atoms with Crippen LogP contribution in [0.3, 0.4) is 0 Å². The molecule has 0 unspecified atom stereocenters. The number of ketones is 1. The molecule has 0 fully saturated rings. The van der Waals surface area contributed by atoms with E-state index in [2.05, 4.69) is 15.6 Å². The molecule has 3 aromatic rings. The lowest BCUT2D eigenvalue weighted by molar-refractivity contribution is -0.113. The van der Waals surface area contributed by atoms with E-state index in [9.17, 15) is 14.4 Å². The molecule has 0 saturated carbocycles. The van der Waals surface area contributed by atoms with Gasteiger partial charge in [0.2, 0.25) is 0 Å². The zero-order chi connectivity index (χ0) is 20.6. The second-order valence-corrected chi connectivity index (χ2v) is 6.26. The summed E-state index contributed by atoms with van der Waals surface area (Å²) in [7, 11) is 0. The molecule has 3 rings (SSSR count). The summed E-state index contributed by atoms with van der Waals surface area (Å²) >= 11 is 0. The fourth-order valence-electron chi connectivity index (χ4n) is 2.58. The predicted octanol–water partition coefficient (Wildman–Crippen LogP) is 3.69. The number of Topliss-reactive ketones (excluding diaryl/α,β-unsaturated/α-hetero) is 1. The molecule has 2 amide bonds. The van der Waals surface area contributed by atoms with Crippen LogP contribution >= 0.6 is 0 Å². The van der Waals surface area contributed by atoms with Crippen molar-refractivity contribution < 1.29 is 14.4 Å². The van der Waals surface area contributed by atoms with Crippen LogP contribution in [0.1, 0.15) is 33.2 Å². The third-order valence-electron chi connectivity index (χ3n) is 4.05. The molecule has 0 spiro atoms. The average molecular weight is 385 g/mol. The first-order valence-corrected chi connectivity index (χ1v) is 8.93. The third kappa shape index (κ3) is 5.46. The highest BCUT2D eigenvalue weighted by Gasteiger charge is 2.15. The van der Waals surface area contributed by atoms with Gasteiger partial charge in [-0.2, -0.15) is 0 Å². The van der Waals surface area contributed by atoms with Crippen LogP contribution in [0.5, 0.6) is 0 Å². The summed E-state index contributed by atoms with van der Waals surface area (Å²) in [5.41, 5.74) is 2.07. The van der Waals surface area contributed by atoms with Crippen LogP contribution in [-0.2, 0) is 4.79 Å². The Morgan fingerprint density at radius 2 is 1.66 bits per heavy atom. The molecular formula is C23H19N3O3. The maximum atomic E-state index is 12.9. The second kappa shape index (κ2) is 9.23. The minimum absolute atomic E-state index is 0.0556. The number of anilines is 1. The van der Waals surface area contributed by atoms with E-state index in [1.54, 1.807) is 79.1 Å². The third-order valence-corrected chi connectivity index (χ3v) is 4.05. The quantitative estimate of drug-likeness (QED) is 0.500. The van der Waals surface area contributed by atoms with Crippen LogP contribution in [0.4, 0.5) is 5.69 Å². The summed E-state index contributed by atoms with van der Waals surface area (Å²) in [4.78, 5) is 41.0. The number of rotatable bonds is 6. The highest BCUT2D eigenvalue weighted by atomic mass is 16.2. The molecule has 2 aromatic carbocycles. The molecule has 29 heavy (non-hydrogen) atoms. The van der Waals surface area contributed by atoms with Gasteiger partial charge in [-0.15, -0.1) is 0 Å². The van der Waals surface area contributed by atoms with Crippen LogP contribution in [0.2, 0.25) is 0 Å². The van der Waals surface area contributed by atoms with Crippen LogP contribution in [0.25, 0.3) is 6.08 Å². The van der Waals surface area contributed by atoms with Gasteiger partial charge >= 0.3 is 0 Å². The SMILES string of the molecule is CC(=O)c1cccc(NC(=O)/C(=C/c2cccnc2)NC(=O)c2ccccc2)c1. The highest BCUT2D eigenvalue weighted by Crippen LogP contribution is 2.13. The topological polar surface area (TPSA) is 88.2 Å². The summed E-state index contributed by atoms with van der Waals surface area (Å²) in [5, 5.41) is 5.37. The fourth-order valence-corrected chi connectivity index (χ4v) is 2.58. The van der Waals surface area contributed by atoms with E-state index in [4.69, 9.17) is 0 Å². The Morgan fingerprint density at radius 1 is 0.897 bits per heavy atom. The molecule has 6 heteroatoms. The Hall–Kier alpha value is -4.06. The fraction of sp³-hybridized carbons (Fsp3) is 0.0435. The normalized spacial score (nSPS) is 10.9. The average Bonchev–Trinajstić information content (AvgIpc) is 2.74. The Labute approximate surface area is 168 Å². The summed E-state index contributed by atoms with van der Waals surface area (Å²) in [6.45, 7) is 1.45. The molecule has 1 aromatic heterocycles. The highest BCUT2D eigenvalue weighted by molar-refractivity contribution is 6.11. The van der Waals surface area contributed by atoms with Gasteiger partial charge in [0.25, 0.3) is 11.8 Å². The Balaban J connectivity index is 1.87. The summed E-state index contributed by atoms with van der Waals surface area (Å²) in [6, 6.07) is 18.7. The Bertz CT molecular complexity index is 1060. The van der Waals surface area contributed by atoms with E-state index in [1.807, 2.05) is 0 Å². The monoisotopic (exact) mass is 385 g/mol. The zero-order valence-electron chi connectivity index (χ0n) is 15.8. The number of carbonyl (C=O) groups excluding carboxylic acids is 3. The van der Waals surface area contributed by atoms with Crippen molar-refractivity contribution in [2.45, 2.75) is 6.92 Å². The van der Waals surface area contributed by atoms with Crippen molar-refractivity contribution in [3.05, 3.63) is 102 Å². The lowest BCUT2D eigenvalue weighted by atomic mass is 10.1. The lowest BCUT2D eigenvalue weighted by Gasteiger charge is -2.12. The maximum absolute atomic E-state index is 12.9. The lowest BCUT2D eigenvalue weighted by Crippen LogP contribution is -2.30. The van der Waals surface area contributed by atoms with Gasteiger partial charge < -0.3 is 10.6 Å². The minimum Gasteiger partial charge on any atom is -0.321 e. The number of pyridine rings is 1. The van der Waals surface area contributed by atoms with Crippen molar-refractivity contribution >= 4 is 29.4 Å². The Kier molecular flexibility index (Phi) is 6.27. The molecule has 1 heterocycles. The van der Waals surface area contributed by atoms with Gasteiger partial charge in [0.1, 0.15) is 5.70 Å². The zero-order valence-corrected chi connectivity index (χ0v) is 15.8. The van der Waals surface area contributed by atoms with Crippen LogP contribution < -0.4 is 10.6 Å². The molecule has 6 nitrogen and oxygen atoms in total. The molecule has 0 saturated heterocycles. The van der Waals surface area contributed by atoms with E-state index in [-0.39, 0.29) is 11.5 Å². The molecule has 0 atom stereocenters. The van der Waals surface area contributed by atoms with Crippen molar-refractivity contribution in [2.24, 2.45) is 0 Å². The Morgan fingerprint density at radius 3 is 2.34 bits per heavy atom. The van der Waals surface area contributed by atoms with E-state index < -0.39 is 11.8 Å². The molecular weight excluding hydrogens is 366 g/mol. The molecule has 144 valence electrons. The van der Waals surface area contributed by atoms with Gasteiger partial charge in [-0.25, -0.2) is 0 Å². The van der Waals surface area contributed by atoms with E-state index in [1.165, 1.54) is 13.0 Å². The number of aromatic nitrogens is 1. The number of nitrogens with one attached hydrogen (secondary N) is 2. The van der Waals surface area contributed by atoms with E-state index in [0.29, 0.717) is 22.4 Å². The number of hydrogen-bond acceptors (Lipinski definition) is 4. The number of carbonyl (C=O) groups is 3. The largest absolute Gasteiger partial charge is 0.321 e. The van der Waals surface area contributed by atoms with Crippen LogP contribution in [0, 0.1) is 0 Å². The van der Waals surface area contributed by atoms with Crippen LogP contribution in [0.15, 0.2) is 84.8 Å². The second-order valence-electron chi connectivity index (χ2n) is 6.26. The van der Waals surface area contributed by atoms with Gasteiger partial charge in [0.15, 0.2) is 5.78 Å². The van der Waals surface area contributed by atoms with Gasteiger partial charge in [0, 0.05) is 29.2 Å². The van der Waals surface area contributed by atoms with E-state index in [0.717, 1.165) is 0 Å². The van der Waals surface area contributed by atoms with Crippen molar-refractivity contribution in [1.29, 1.82) is 0 Å². The molecule has 0 aliphatic rings. The van der Waals surface area contributed by atoms with Crippen molar-refractivity contribution in [3.63, 3.8) is 0 Å². The minimum atomic E-state index is -0.515. The number of amides is 2. The number of nitrogens with zero attached hydrogens (tertiary/aromatic N) is 1. The standard InChI is InChI=1S/C23H19N3O3/c1-16(27)19-10-5-11-20(14-19)25-23(29)21(13-17-7-6-12-24-15-17)26-22(28)18-8-3-2-4-9-18/h2-15H,1H3,(H,25,29)(H,26,28)/b21-13-. The molecule has 0 aliphatic carbocycles. The number of hydrogen-bond donors (Lipinski definition) is 2. The molecule has 2 N–H and O–H groups in total. The maximum Gasteiger partial charge on any atom is 0.272 e. The van der Waals surface area contributed by atoms with Crippen LogP contribution in [-0.4, -0.2) is 22.6 Å². The summed E-state index contributed by atoms with van der Waals surface area (Å²) in [6.07, 6.45) is 4.74. The predicted molar refractivity (Wildman–Crippen MR) is 111 cm³/mol. The summed E-state index contributed by atoms with van der Waals surface area (Å²) in [5.74, 6) is -1.03. The van der Waals surface area contributed by atoms with Gasteiger partial charge in [-0.05, 0) is 48.9 Å². The first kappa shape index (κ1) is 19.7. The molecule has 0 aliphatic heterocycles. The van der Waals surface area contributed by atoms with E-state index >= 15 is 0 Å². The first-order valence-electron chi connectivity index (χ1n) is 8.93. The van der Waals surface area contributed by atoms with Gasteiger partial charge in [-0.1, -0.05) is 36.4 Å². The molecule has 0 radical (unpaired) electrons. The van der Waals surface area contributed by atoms with Crippen molar-refractivity contribution in [3.8, 4) is 0 Å². The first-order chi connectivity index (χ1) is 14.0.